The third kappa shape index (κ3) is 62.0. The summed E-state index contributed by atoms with van der Waals surface area (Å²) in [5.74, 6) is -0.860. The van der Waals surface area contributed by atoms with Crippen LogP contribution in [0.25, 0.3) is 0 Å². The van der Waals surface area contributed by atoms with E-state index in [2.05, 4.69) is 81.5 Å². The molecule has 6 nitrogen and oxygen atoms in total. The largest absolute Gasteiger partial charge is 0.462 e. The van der Waals surface area contributed by atoms with Crippen molar-refractivity contribution in [2.24, 2.45) is 0 Å². The van der Waals surface area contributed by atoms with Crippen molar-refractivity contribution in [1.82, 2.24) is 0 Å². The molecule has 0 radical (unpaired) electrons. The Hall–Kier alpha value is -2.89. The van der Waals surface area contributed by atoms with Crippen molar-refractivity contribution in [2.45, 2.75) is 354 Å². The predicted octanol–water partition coefficient (Wildman–Crippen LogP) is 22.7. The van der Waals surface area contributed by atoms with Crippen molar-refractivity contribution >= 4 is 17.9 Å². The molecule has 0 heterocycles. The fraction of sp³-hybridized carbons (Fsp3) is 0.814. The standard InChI is InChI=1S/C70H126O6/c1-4-7-10-13-16-19-22-25-27-29-31-32-33-34-35-36-37-38-40-41-43-45-48-51-54-57-60-63-69(72)75-66-67(65-74-68(71)62-59-56-53-50-47-24-21-18-15-12-9-6-3)76-70(73)64-61-58-55-52-49-46-44-42-39-30-28-26-23-20-17-14-11-8-5-2/h17,20,22,25-26,28-29,31,33-34,67H,4-16,18-19,21,23-24,27,30,32,35-66H2,1-3H3/b20-17-,25-22-,28-26-,31-29-,34-33-. The van der Waals surface area contributed by atoms with Crippen LogP contribution in [-0.4, -0.2) is 37.2 Å². The molecule has 0 aromatic heterocycles. The summed E-state index contributed by atoms with van der Waals surface area (Å²) in [6.45, 7) is 6.64. The van der Waals surface area contributed by atoms with Crippen molar-refractivity contribution in [3.05, 3.63) is 60.8 Å². The fourth-order valence-electron chi connectivity index (χ4n) is 9.72. The van der Waals surface area contributed by atoms with Gasteiger partial charge in [-0.3, -0.25) is 14.4 Å². The normalized spacial score (nSPS) is 12.4. The Balaban J connectivity index is 4.25. The van der Waals surface area contributed by atoms with Gasteiger partial charge in [0.05, 0.1) is 0 Å². The number of rotatable bonds is 61. The number of hydrogen-bond acceptors (Lipinski definition) is 6. The molecule has 0 aromatic carbocycles. The molecular weight excluding hydrogens is 937 g/mol. The molecule has 0 aliphatic heterocycles. The van der Waals surface area contributed by atoms with Gasteiger partial charge in [0, 0.05) is 19.3 Å². The molecule has 1 atom stereocenters. The van der Waals surface area contributed by atoms with Gasteiger partial charge in [0.15, 0.2) is 6.10 Å². The summed E-state index contributed by atoms with van der Waals surface area (Å²) in [4.78, 5) is 38.3. The van der Waals surface area contributed by atoms with Crippen molar-refractivity contribution in [3.63, 3.8) is 0 Å². The predicted molar refractivity (Wildman–Crippen MR) is 330 cm³/mol. The summed E-state index contributed by atoms with van der Waals surface area (Å²) >= 11 is 0. The quantitative estimate of drug-likeness (QED) is 0.0261. The lowest BCUT2D eigenvalue weighted by Crippen LogP contribution is -2.30. The third-order valence-corrected chi connectivity index (χ3v) is 14.7. The van der Waals surface area contributed by atoms with Crippen LogP contribution in [0.3, 0.4) is 0 Å². The molecule has 0 saturated carbocycles. The number of allylic oxidation sites excluding steroid dienone is 10. The van der Waals surface area contributed by atoms with Crippen LogP contribution in [0.5, 0.6) is 0 Å². The molecule has 0 aliphatic rings. The van der Waals surface area contributed by atoms with Crippen LogP contribution in [0.1, 0.15) is 348 Å². The molecule has 0 spiro atoms. The maximum Gasteiger partial charge on any atom is 0.306 e. The van der Waals surface area contributed by atoms with E-state index in [0.717, 1.165) is 77.0 Å². The number of carbonyl (C=O) groups is 3. The van der Waals surface area contributed by atoms with Gasteiger partial charge in [0.25, 0.3) is 0 Å². The number of ether oxygens (including phenoxy) is 3. The third-order valence-electron chi connectivity index (χ3n) is 14.7. The minimum absolute atomic E-state index is 0.0726. The van der Waals surface area contributed by atoms with Gasteiger partial charge >= 0.3 is 17.9 Å². The van der Waals surface area contributed by atoms with Crippen LogP contribution in [0.4, 0.5) is 0 Å². The molecule has 0 fully saturated rings. The van der Waals surface area contributed by atoms with Crippen LogP contribution in [0, 0.1) is 0 Å². The average Bonchev–Trinajstić information content (AvgIpc) is 3.42. The van der Waals surface area contributed by atoms with E-state index in [0.29, 0.717) is 19.3 Å². The summed E-state index contributed by atoms with van der Waals surface area (Å²) < 4.78 is 16.9. The molecule has 0 N–H and O–H groups in total. The Kier molecular flexibility index (Phi) is 62.2. The van der Waals surface area contributed by atoms with Gasteiger partial charge in [0.2, 0.25) is 0 Å². The fourth-order valence-corrected chi connectivity index (χ4v) is 9.72. The van der Waals surface area contributed by atoms with Gasteiger partial charge in [-0.15, -0.1) is 0 Å². The zero-order valence-electron chi connectivity index (χ0n) is 50.8. The smallest absolute Gasteiger partial charge is 0.306 e. The molecule has 1 unspecified atom stereocenters. The van der Waals surface area contributed by atoms with Gasteiger partial charge in [-0.1, -0.05) is 300 Å². The van der Waals surface area contributed by atoms with Gasteiger partial charge in [0.1, 0.15) is 13.2 Å². The highest BCUT2D eigenvalue weighted by molar-refractivity contribution is 5.71. The van der Waals surface area contributed by atoms with E-state index in [4.69, 9.17) is 14.2 Å². The molecule has 0 rings (SSSR count). The Bertz CT molecular complexity index is 1360. The molecule has 0 aromatic rings. The Morgan fingerprint density at radius 1 is 0.263 bits per heavy atom. The minimum Gasteiger partial charge on any atom is -0.462 e. The molecular formula is C70H126O6. The SMILES string of the molecule is CCCCC/C=C\C/C=C\CCCCCCCCCCCC(=O)OC(COC(=O)CCCCCCCCCCCCCC)COC(=O)CCCCCCCCCCCCCC/C=C\C/C=C\C/C=C\CCCCCCC. The molecule has 0 saturated heterocycles. The molecule has 442 valence electrons. The number of hydrogen-bond donors (Lipinski definition) is 0. The molecule has 6 heteroatoms. The minimum atomic E-state index is -0.776. The first-order valence-corrected chi connectivity index (χ1v) is 33.3. The van der Waals surface area contributed by atoms with Crippen LogP contribution < -0.4 is 0 Å². The highest BCUT2D eigenvalue weighted by Gasteiger charge is 2.19. The average molecular weight is 1060 g/mol. The van der Waals surface area contributed by atoms with Crippen molar-refractivity contribution in [3.8, 4) is 0 Å². The molecule has 76 heavy (non-hydrogen) atoms. The van der Waals surface area contributed by atoms with E-state index in [1.807, 2.05) is 0 Å². The second-order valence-corrected chi connectivity index (χ2v) is 22.4. The van der Waals surface area contributed by atoms with Crippen LogP contribution in [0.2, 0.25) is 0 Å². The van der Waals surface area contributed by atoms with E-state index in [1.54, 1.807) is 0 Å². The summed E-state index contributed by atoms with van der Waals surface area (Å²) in [5.41, 5.74) is 0. The van der Waals surface area contributed by atoms with Gasteiger partial charge < -0.3 is 14.2 Å². The first-order chi connectivity index (χ1) is 37.5. The lowest BCUT2D eigenvalue weighted by Gasteiger charge is -2.18. The number of unbranched alkanes of at least 4 members (excludes halogenated alkanes) is 40. The van der Waals surface area contributed by atoms with E-state index < -0.39 is 6.10 Å². The monoisotopic (exact) mass is 1060 g/mol. The maximum atomic E-state index is 12.9. The zero-order chi connectivity index (χ0) is 55.0. The van der Waals surface area contributed by atoms with Gasteiger partial charge in [-0.2, -0.15) is 0 Å². The summed E-state index contributed by atoms with van der Waals surface area (Å²) in [5, 5.41) is 0. The lowest BCUT2D eigenvalue weighted by atomic mass is 10.0. The summed E-state index contributed by atoms with van der Waals surface area (Å²) in [6, 6.07) is 0. The van der Waals surface area contributed by atoms with Gasteiger partial charge in [-0.25, -0.2) is 0 Å². The van der Waals surface area contributed by atoms with Crippen molar-refractivity contribution in [2.75, 3.05) is 13.2 Å². The van der Waals surface area contributed by atoms with Crippen LogP contribution in [0.15, 0.2) is 60.8 Å². The highest BCUT2D eigenvalue weighted by atomic mass is 16.6. The Morgan fingerprint density at radius 2 is 0.474 bits per heavy atom. The topological polar surface area (TPSA) is 78.9 Å². The summed E-state index contributed by atoms with van der Waals surface area (Å²) in [6.07, 6.45) is 82.3. The van der Waals surface area contributed by atoms with Crippen molar-refractivity contribution < 1.29 is 28.6 Å². The van der Waals surface area contributed by atoms with E-state index in [9.17, 15) is 14.4 Å². The number of esters is 3. The Morgan fingerprint density at radius 3 is 0.763 bits per heavy atom. The number of carbonyl (C=O) groups excluding carboxylic acids is 3. The van der Waals surface area contributed by atoms with Gasteiger partial charge in [-0.05, 0) is 89.9 Å². The second kappa shape index (κ2) is 64.6. The zero-order valence-corrected chi connectivity index (χ0v) is 50.8. The second-order valence-electron chi connectivity index (χ2n) is 22.4. The first-order valence-electron chi connectivity index (χ1n) is 33.3. The highest BCUT2D eigenvalue weighted by Crippen LogP contribution is 2.17. The van der Waals surface area contributed by atoms with Crippen LogP contribution >= 0.6 is 0 Å². The maximum absolute atomic E-state index is 12.9. The summed E-state index contributed by atoms with van der Waals surface area (Å²) in [7, 11) is 0. The van der Waals surface area contributed by atoms with E-state index in [-0.39, 0.29) is 31.1 Å². The lowest BCUT2D eigenvalue weighted by molar-refractivity contribution is -0.167. The Labute approximate surface area is 472 Å². The van der Waals surface area contributed by atoms with E-state index in [1.165, 1.54) is 231 Å². The van der Waals surface area contributed by atoms with E-state index >= 15 is 0 Å². The molecule has 0 bridgehead atoms. The molecule has 0 amide bonds. The van der Waals surface area contributed by atoms with Crippen LogP contribution in [-0.2, 0) is 28.6 Å². The first kappa shape index (κ1) is 73.1. The van der Waals surface area contributed by atoms with Crippen molar-refractivity contribution in [1.29, 1.82) is 0 Å². The molecule has 0 aliphatic carbocycles.